The molecule has 0 saturated carbocycles. The molecule has 0 saturated heterocycles. The summed E-state index contributed by atoms with van der Waals surface area (Å²) in [6.07, 6.45) is 20.2. The highest BCUT2D eigenvalue weighted by molar-refractivity contribution is 7.89. The Balaban J connectivity index is 1.55. The molecule has 1 N–H and O–H groups in total. The number of hydrogen-bond acceptors (Lipinski definition) is 6. The van der Waals surface area contributed by atoms with Crippen LogP contribution in [-0.4, -0.2) is 40.9 Å². The Morgan fingerprint density at radius 1 is 0.700 bits per heavy atom. The quantitative estimate of drug-likeness (QED) is 0.0507. The zero-order valence-electron chi connectivity index (χ0n) is 30.5. The molecule has 274 valence electrons. The molecule has 3 aromatic rings. The molecule has 0 aliphatic heterocycles. The SMILES string of the molecule is CCCCCCCCCCCCCCCCCCOc1ccccc1N(C(=O)CC(=O)c1ccc(OC)cc1)c1cccc(S(=O)(=O)NC)c1. The molecule has 0 spiro atoms. The second kappa shape index (κ2) is 22.9. The summed E-state index contributed by atoms with van der Waals surface area (Å²) in [5.74, 6) is 0.213. The van der Waals surface area contributed by atoms with Crippen LogP contribution < -0.4 is 19.1 Å². The number of para-hydroxylation sites is 2. The Labute approximate surface area is 301 Å². The second-order valence-electron chi connectivity index (χ2n) is 12.9. The molecule has 1 amide bonds. The highest BCUT2D eigenvalue weighted by Crippen LogP contribution is 2.36. The Kier molecular flexibility index (Phi) is 18.7. The fourth-order valence-corrected chi connectivity index (χ4v) is 6.79. The summed E-state index contributed by atoms with van der Waals surface area (Å²) in [5.41, 5.74) is 1.13. The van der Waals surface area contributed by atoms with Crippen LogP contribution in [-0.2, 0) is 14.8 Å². The van der Waals surface area contributed by atoms with Crippen molar-refractivity contribution in [3.63, 3.8) is 0 Å². The summed E-state index contributed by atoms with van der Waals surface area (Å²) in [6.45, 7) is 2.75. The number of rotatable bonds is 26. The number of benzene rings is 3. The van der Waals surface area contributed by atoms with Gasteiger partial charge in [0.1, 0.15) is 11.5 Å². The van der Waals surface area contributed by atoms with Crippen LogP contribution in [0.2, 0.25) is 0 Å². The van der Waals surface area contributed by atoms with E-state index in [1.165, 1.54) is 108 Å². The third kappa shape index (κ3) is 13.9. The Bertz CT molecular complexity index is 1540. The van der Waals surface area contributed by atoms with Gasteiger partial charge in [0.05, 0.1) is 36.4 Å². The van der Waals surface area contributed by atoms with Gasteiger partial charge in [-0.05, 0) is 68.1 Å². The van der Waals surface area contributed by atoms with E-state index in [0.717, 1.165) is 19.3 Å². The first-order chi connectivity index (χ1) is 24.3. The average molecular weight is 707 g/mol. The van der Waals surface area contributed by atoms with Crippen molar-refractivity contribution < 1.29 is 27.5 Å². The third-order valence-electron chi connectivity index (χ3n) is 8.99. The minimum Gasteiger partial charge on any atom is -0.497 e. The van der Waals surface area contributed by atoms with Gasteiger partial charge in [-0.15, -0.1) is 0 Å². The maximum absolute atomic E-state index is 13.9. The van der Waals surface area contributed by atoms with Gasteiger partial charge in [0.2, 0.25) is 15.9 Å². The number of unbranched alkanes of at least 4 members (excludes halogenated alkanes) is 15. The summed E-state index contributed by atoms with van der Waals surface area (Å²) in [6, 6.07) is 19.8. The highest BCUT2D eigenvalue weighted by Gasteiger charge is 2.26. The van der Waals surface area contributed by atoms with Crippen LogP contribution >= 0.6 is 0 Å². The lowest BCUT2D eigenvalue weighted by molar-refractivity contribution is -0.117. The molecular weight excluding hydrogens is 649 g/mol. The minimum atomic E-state index is -3.78. The summed E-state index contributed by atoms with van der Waals surface area (Å²) in [4.78, 5) is 28.5. The van der Waals surface area contributed by atoms with Gasteiger partial charge in [-0.2, -0.15) is 0 Å². The number of amides is 1. The molecule has 0 fully saturated rings. The first-order valence-electron chi connectivity index (χ1n) is 18.6. The Hall–Kier alpha value is -3.69. The molecule has 3 rings (SSSR count). The monoisotopic (exact) mass is 706 g/mol. The number of anilines is 2. The first kappa shape index (κ1) is 40.7. The van der Waals surface area contributed by atoms with Crippen LogP contribution in [0, 0.1) is 0 Å². The molecule has 0 bridgehead atoms. The molecule has 9 heteroatoms. The van der Waals surface area contributed by atoms with Crippen molar-refractivity contribution >= 4 is 33.1 Å². The van der Waals surface area contributed by atoms with E-state index in [0.29, 0.717) is 35.0 Å². The third-order valence-corrected chi connectivity index (χ3v) is 10.4. The van der Waals surface area contributed by atoms with E-state index in [-0.39, 0.29) is 10.7 Å². The standard InChI is InChI=1S/C41H58N2O6S/c1-4-5-6-7-8-9-10-11-12-13-14-15-16-17-18-21-31-49-40-26-20-19-25-38(40)43(35-23-22-24-37(32-35)50(46,47)42-2)41(45)33-39(44)34-27-29-36(48-3)30-28-34/h19-20,22-30,32,42H,4-18,21,31,33H2,1-3H3. The molecule has 0 unspecified atom stereocenters. The lowest BCUT2D eigenvalue weighted by Gasteiger charge is -2.25. The maximum atomic E-state index is 13.9. The van der Waals surface area contributed by atoms with Crippen LogP contribution in [0.1, 0.15) is 126 Å². The number of ketones is 1. The number of hydrogen-bond donors (Lipinski definition) is 1. The van der Waals surface area contributed by atoms with Gasteiger partial charge >= 0.3 is 0 Å². The van der Waals surface area contributed by atoms with Crippen molar-refractivity contribution in [3.8, 4) is 11.5 Å². The van der Waals surface area contributed by atoms with Gasteiger partial charge in [-0.25, -0.2) is 13.1 Å². The van der Waals surface area contributed by atoms with E-state index in [4.69, 9.17) is 9.47 Å². The zero-order valence-corrected chi connectivity index (χ0v) is 31.3. The number of nitrogens with one attached hydrogen (secondary N) is 1. The van der Waals surface area contributed by atoms with E-state index in [2.05, 4.69) is 11.6 Å². The lowest BCUT2D eigenvalue weighted by Crippen LogP contribution is -2.29. The molecule has 8 nitrogen and oxygen atoms in total. The van der Waals surface area contributed by atoms with E-state index in [1.54, 1.807) is 61.7 Å². The van der Waals surface area contributed by atoms with Crippen LogP contribution in [0.5, 0.6) is 11.5 Å². The summed E-state index contributed by atoms with van der Waals surface area (Å²) < 4.78 is 39.0. The van der Waals surface area contributed by atoms with Gasteiger partial charge in [0.15, 0.2) is 5.78 Å². The lowest BCUT2D eigenvalue weighted by atomic mass is 10.0. The van der Waals surface area contributed by atoms with Crippen molar-refractivity contribution in [2.45, 2.75) is 121 Å². The summed E-state index contributed by atoms with van der Waals surface area (Å²) >= 11 is 0. The van der Waals surface area contributed by atoms with E-state index >= 15 is 0 Å². The molecule has 3 aromatic carbocycles. The maximum Gasteiger partial charge on any atom is 0.240 e. The van der Waals surface area contributed by atoms with Gasteiger partial charge in [-0.1, -0.05) is 121 Å². The van der Waals surface area contributed by atoms with E-state index < -0.39 is 22.4 Å². The normalized spacial score (nSPS) is 11.3. The van der Waals surface area contributed by atoms with Crippen molar-refractivity contribution in [1.82, 2.24) is 4.72 Å². The number of carbonyl (C=O) groups excluding carboxylic acids is 2. The number of ether oxygens (including phenoxy) is 2. The molecule has 0 heterocycles. The van der Waals surface area contributed by atoms with Gasteiger partial charge < -0.3 is 9.47 Å². The molecular formula is C41H58N2O6S. The minimum absolute atomic E-state index is 0.00310. The average Bonchev–Trinajstić information content (AvgIpc) is 3.13. The molecule has 0 aliphatic carbocycles. The Morgan fingerprint density at radius 3 is 1.82 bits per heavy atom. The zero-order chi connectivity index (χ0) is 36.0. The highest BCUT2D eigenvalue weighted by atomic mass is 32.2. The van der Waals surface area contributed by atoms with Gasteiger partial charge in [0, 0.05) is 5.56 Å². The van der Waals surface area contributed by atoms with Crippen molar-refractivity contribution in [3.05, 3.63) is 78.4 Å². The molecule has 0 atom stereocenters. The number of sulfonamides is 1. The largest absolute Gasteiger partial charge is 0.497 e. The molecule has 0 radical (unpaired) electrons. The number of nitrogens with zero attached hydrogens (tertiary/aromatic N) is 1. The van der Waals surface area contributed by atoms with Gasteiger partial charge in [-0.3, -0.25) is 14.5 Å². The van der Waals surface area contributed by atoms with E-state index in [1.807, 2.05) is 6.07 Å². The van der Waals surface area contributed by atoms with Crippen LogP contribution in [0.4, 0.5) is 11.4 Å². The summed E-state index contributed by atoms with van der Waals surface area (Å²) in [7, 11) is -0.906. The molecule has 50 heavy (non-hydrogen) atoms. The predicted molar refractivity (Wildman–Crippen MR) is 203 cm³/mol. The fourth-order valence-electron chi connectivity index (χ4n) is 6.02. The number of carbonyl (C=O) groups is 2. The molecule has 0 aliphatic rings. The van der Waals surface area contributed by atoms with Crippen LogP contribution in [0.25, 0.3) is 0 Å². The molecule has 0 aromatic heterocycles. The first-order valence-corrected chi connectivity index (χ1v) is 20.0. The predicted octanol–water partition coefficient (Wildman–Crippen LogP) is 10.2. The smallest absolute Gasteiger partial charge is 0.240 e. The summed E-state index contributed by atoms with van der Waals surface area (Å²) in [5, 5.41) is 0. The van der Waals surface area contributed by atoms with Gasteiger partial charge in [0.25, 0.3) is 0 Å². The van der Waals surface area contributed by atoms with Crippen LogP contribution in [0.3, 0.4) is 0 Å². The number of Topliss-reactive ketones (excluding diaryl/α,β-unsaturated/α-hetero) is 1. The Morgan fingerprint density at radius 2 is 1.26 bits per heavy atom. The van der Waals surface area contributed by atoms with E-state index in [9.17, 15) is 18.0 Å². The fraction of sp³-hybridized carbons (Fsp3) is 0.512. The second-order valence-corrected chi connectivity index (χ2v) is 14.8. The van der Waals surface area contributed by atoms with Crippen molar-refractivity contribution in [2.75, 3.05) is 25.7 Å². The van der Waals surface area contributed by atoms with Crippen LogP contribution in [0.15, 0.2) is 77.7 Å². The number of methoxy groups -OCH3 is 1. The van der Waals surface area contributed by atoms with Crippen molar-refractivity contribution in [2.24, 2.45) is 0 Å². The topological polar surface area (TPSA) is 102 Å². The van der Waals surface area contributed by atoms with Crippen molar-refractivity contribution in [1.29, 1.82) is 0 Å².